The Hall–Kier alpha value is -3.42. The highest BCUT2D eigenvalue weighted by atomic mass is 32.2. The number of fused-ring (bicyclic) bond motifs is 3. The highest BCUT2D eigenvalue weighted by Crippen LogP contribution is 2.56. The smallest absolute Gasteiger partial charge is 0.471 e. The minimum absolute atomic E-state index is 0.0519. The molecule has 8 nitrogen and oxygen atoms in total. The Kier molecular flexibility index (Phi) is 6.72. The summed E-state index contributed by atoms with van der Waals surface area (Å²) in [5.41, 5.74) is -0.612. The summed E-state index contributed by atoms with van der Waals surface area (Å²) in [6.45, 7) is -0.240. The molecule has 0 spiro atoms. The predicted octanol–water partition coefficient (Wildman–Crippen LogP) is 4.00. The Morgan fingerprint density at radius 2 is 1.95 bits per heavy atom. The van der Waals surface area contributed by atoms with Gasteiger partial charge in [-0.1, -0.05) is 0 Å². The van der Waals surface area contributed by atoms with Gasteiger partial charge >= 0.3 is 18.1 Å². The van der Waals surface area contributed by atoms with E-state index in [-0.39, 0.29) is 66.8 Å². The number of alkyl halides is 3. The first-order chi connectivity index (χ1) is 18.3. The van der Waals surface area contributed by atoms with Gasteiger partial charge in [0.2, 0.25) is 0 Å². The van der Waals surface area contributed by atoms with E-state index in [9.17, 15) is 35.6 Å². The van der Waals surface area contributed by atoms with Crippen LogP contribution in [0.3, 0.4) is 0 Å². The second-order valence-corrected chi connectivity index (χ2v) is 11.5. The number of ether oxygens (including phenoxy) is 2. The lowest BCUT2D eigenvalue weighted by atomic mass is 9.98. The van der Waals surface area contributed by atoms with Crippen LogP contribution in [0.5, 0.6) is 5.75 Å². The number of benzene rings is 2. The molecule has 3 atom stereocenters. The summed E-state index contributed by atoms with van der Waals surface area (Å²) >= 11 is 0. The first-order valence-electron chi connectivity index (χ1n) is 12.0. The molecule has 39 heavy (non-hydrogen) atoms. The predicted molar refractivity (Wildman–Crippen MR) is 126 cm³/mol. The number of amides is 1. The summed E-state index contributed by atoms with van der Waals surface area (Å²) in [5, 5.41) is 0. The van der Waals surface area contributed by atoms with Crippen LogP contribution in [-0.4, -0.2) is 58.2 Å². The van der Waals surface area contributed by atoms with E-state index < -0.39 is 56.2 Å². The zero-order chi connectivity index (χ0) is 28.3. The molecular formula is C25H23F5N2O6S. The van der Waals surface area contributed by atoms with Gasteiger partial charge < -0.3 is 14.4 Å². The lowest BCUT2D eigenvalue weighted by Crippen LogP contribution is -2.39. The largest absolute Gasteiger partial charge is 0.492 e. The minimum atomic E-state index is -5.04. The van der Waals surface area contributed by atoms with Gasteiger partial charge in [0.15, 0.2) is 0 Å². The van der Waals surface area contributed by atoms with Gasteiger partial charge in [-0.2, -0.15) is 13.2 Å². The first-order valence-corrected chi connectivity index (χ1v) is 13.5. The van der Waals surface area contributed by atoms with E-state index in [4.69, 9.17) is 9.47 Å². The van der Waals surface area contributed by atoms with Crippen molar-refractivity contribution in [3.8, 4) is 5.75 Å². The molecule has 2 aliphatic heterocycles. The first kappa shape index (κ1) is 27.2. The number of halogens is 5. The zero-order valence-corrected chi connectivity index (χ0v) is 21.3. The molecule has 2 aromatic rings. The molecule has 2 aromatic carbocycles. The second kappa shape index (κ2) is 9.65. The fraction of sp³-hybridized carbons (Fsp3) is 0.440. The van der Waals surface area contributed by atoms with Crippen molar-refractivity contribution < 1.29 is 49.4 Å². The number of nitrogens with zero attached hydrogens (tertiary/aromatic N) is 1. The number of esters is 1. The van der Waals surface area contributed by atoms with Gasteiger partial charge in [0.05, 0.1) is 24.3 Å². The molecule has 1 saturated heterocycles. The van der Waals surface area contributed by atoms with E-state index in [0.29, 0.717) is 11.3 Å². The maximum atomic E-state index is 15.1. The molecule has 2 fully saturated rings. The fourth-order valence-corrected chi connectivity index (χ4v) is 6.64. The van der Waals surface area contributed by atoms with E-state index >= 15 is 4.39 Å². The number of rotatable bonds is 6. The summed E-state index contributed by atoms with van der Waals surface area (Å²) < 4.78 is 107. The van der Waals surface area contributed by atoms with Gasteiger partial charge in [0.25, 0.3) is 10.0 Å². The average Bonchev–Trinajstić information content (AvgIpc) is 3.51. The number of anilines is 1. The van der Waals surface area contributed by atoms with Crippen molar-refractivity contribution in [1.29, 1.82) is 0 Å². The number of nitrogens with one attached hydrogen (secondary N) is 1. The summed E-state index contributed by atoms with van der Waals surface area (Å²) in [4.78, 5) is 24.4. The Morgan fingerprint density at radius 3 is 2.64 bits per heavy atom. The van der Waals surface area contributed by atoms with E-state index in [1.807, 2.05) is 0 Å². The molecule has 2 heterocycles. The maximum absolute atomic E-state index is 15.1. The van der Waals surface area contributed by atoms with Crippen LogP contribution >= 0.6 is 0 Å². The van der Waals surface area contributed by atoms with Crippen molar-refractivity contribution in [2.24, 2.45) is 11.8 Å². The number of carbonyl (C=O) groups excluding carboxylic acids is 2. The number of sulfonamides is 1. The monoisotopic (exact) mass is 574 g/mol. The van der Waals surface area contributed by atoms with E-state index in [0.717, 1.165) is 31.4 Å². The second-order valence-electron chi connectivity index (χ2n) is 9.89. The SMILES string of the molecule is COC(=O)c1c(NS(=O)(=O)c2ccc(F)cc2C[C@@H]2CCN(C(=O)C(F)(F)F)C2)cc(F)c2c1OCC1CC21. The molecule has 0 radical (unpaired) electrons. The third-order valence-electron chi connectivity index (χ3n) is 7.27. The Labute approximate surface area is 220 Å². The Balaban J connectivity index is 1.46. The third kappa shape index (κ3) is 5.13. The number of hydrogen-bond acceptors (Lipinski definition) is 6. The summed E-state index contributed by atoms with van der Waals surface area (Å²) in [7, 11) is -3.50. The van der Waals surface area contributed by atoms with Crippen molar-refractivity contribution in [1.82, 2.24) is 4.90 Å². The van der Waals surface area contributed by atoms with Crippen LogP contribution in [0.25, 0.3) is 0 Å². The van der Waals surface area contributed by atoms with Crippen LogP contribution in [0, 0.1) is 23.5 Å². The highest BCUT2D eigenvalue weighted by molar-refractivity contribution is 7.92. The topological polar surface area (TPSA) is 102 Å². The molecule has 14 heteroatoms. The quantitative estimate of drug-likeness (QED) is 0.414. The molecule has 3 aliphatic rings. The molecule has 1 N–H and O–H groups in total. The van der Waals surface area contributed by atoms with Gasteiger partial charge in [0, 0.05) is 24.6 Å². The number of hydrogen-bond donors (Lipinski definition) is 1. The molecule has 1 amide bonds. The van der Waals surface area contributed by atoms with Gasteiger partial charge in [-0.05, 0) is 60.9 Å². The van der Waals surface area contributed by atoms with Crippen molar-refractivity contribution in [2.45, 2.75) is 36.3 Å². The molecule has 210 valence electrons. The zero-order valence-electron chi connectivity index (χ0n) is 20.5. The van der Waals surface area contributed by atoms with Crippen molar-refractivity contribution >= 4 is 27.6 Å². The summed E-state index contributed by atoms with van der Waals surface area (Å²) in [6, 6.07) is 3.66. The van der Waals surface area contributed by atoms with Crippen molar-refractivity contribution in [2.75, 3.05) is 31.5 Å². The van der Waals surface area contributed by atoms with Crippen molar-refractivity contribution in [3.05, 3.63) is 52.6 Å². The summed E-state index contributed by atoms with van der Waals surface area (Å²) in [5.74, 6) is -5.21. The van der Waals surface area contributed by atoms with E-state index in [2.05, 4.69) is 4.72 Å². The van der Waals surface area contributed by atoms with Crippen LogP contribution in [0.4, 0.5) is 27.6 Å². The third-order valence-corrected chi connectivity index (χ3v) is 8.74. The molecule has 2 unspecified atom stereocenters. The van der Waals surface area contributed by atoms with Crippen LogP contribution < -0.4 is 9.46 Å². The molecule has 1 aliphatic carbocycles. The fourth-order valence-electron chi connectivity index (χ4n) is 5.34. The normalized spacial score (nSPS) is 22.0. The number of likely N-dealkylation sites (tertiary alicyclic amines) is 1. The minimum Gasteiger partial charge on any atom is -0.492 e. The molecule has 0 aromatic heterocycles. The van der Waals surface area contributed by atoms with Crippen LogP contribution in [0.2, 0.25) is 0 Å². The highest BCUT2D eigenvalue weighted by Gasteiger charge is 2.48. The van der Waals surface area contributed by atoms with Gasteiger partial charge in [-0.25, -0.2) is 22.0 Å². The summed E-state index contributed by atoms with van der Waals surface area (Å²) in [6.07, 6.45) is -4.38. The van der Waals surface area contributed by atoms with Crippen LogP contribution in [0.1, 0.15) is 40.2 Å². The Morgan fingerprint density at radius 1 is 1.21 bits per heavy atom. The van der Waals surface area contributed by atoms with E-state index in [1.54, 1.807) is 0 Å². The van der Waals surface area contributed by atoms with Gasteiger partial charge in [0.1, 0.15) is 22.9 Å². The number of carbonyl (C=O) groups is 2. The lowest BCUT2D eigenvalue weighted by molar-refractivity contribution is -0.184. The lowest BCUT2D eigenvalue weighted by Gasteiger charge is -2.23. The average molecular weight is 575 g/mol. The standard InChI is InChI=1S/C25H23F5N2O6S/c1-37-23(33)21-18(9-17(27)20-16-8-14(16)11-38-22(20)21)31-39(35,36)19-3-2-15(26)7-13(19)6-12-4-5-32(10-12)24(34)25(28,29)30/h2-3,7,9,12,14,16,31H,4-6,8,10-11H2,1H3/t12-,14?,16?/m0/s1. The van der Waals surface area contributed by atoms with Crippen LogP contribution in [-0.2, 0) is 26.0 Å². The molecular weight excluding hydrogens is 551 g/mol. The molecule has 5 rings (SSSR count). The Bertz CT molecular complexity index is 1460. The van der Waals surface area contributed by atoms with E-state index in [1.165, 1.54) is 0 Å². The van der Waals surface area contributed by atoms with Gasteiger partial charge in [-0.15, -0.1) is 0 Å². The molecule has 1 saturated carbocycles. The molecule has 0 bridgehead atoms. The van der Waals surface area contributed by atoms with Crippen molar-refractivity contribution in [3.63, 3.8) is 0 Å². The van der Waals surface area contributed by atoms with Crippen LogP contribution in [0.15, 0.2) is 29.2 Å². The van der Waals surface area contributed by atoms with Gasteiger partial charge in [-0.3, -0.25) is 9.52 Å². The number of methoxy groups -OCH3 is 1. The maximum Gasteiger partial charge on any atom is 0.471 e.